The molecular weight excluding hydrogens is 393 g/mol. The quantitative estimate of drug-likeness (QED) is 0.747. The van der Waals surface area contributed by atoms with E-state index in [-0.39, 0.29) is 28.5 Å². The number of aromatic nitrogens is 2. The summed E-state index contributed by atoms with van der Waals surface area (Å²) in [5.41, 5.74) is 1.19. The van der Waals surface area contributed by atoms with E-state index < -0.39 is 0 Å². The third kappa shape index (κ3) is 3.30. The van der Waals surface area contributed by atoms with Crippen LogP contribution in [0.1, 0.15) is 54.5 Å². The van der Waals surface area contributed by atoms with Gasteiger partial charge < -0.3 is 5.32 Å². The van der Waals surface area contributed by atoms with E-state index in [9.17, 15) is 9.59 Å². The Labute approximate surface area is 165 Å². The molecule has 1 saturated carbocycles. The molecule has 138 valence electrons. The van der Waals surface area contributed by atoms with Crippen LogP contribution in [0.5, 0.6) is 0 Å². The lowest BCUT2D eigenvalue weighted by Crippen LogP contribution is -2.21. The van der Waals surface area contributed by atoms with Gasteiger partial charge in [-0.05, 0) is 30.5 Å². The number of rotatable bonds is 2. The largest absolute Gasteiger partial charge is 0.310 e. The van der Waals surface area contributed by atoms with Gasteiger partial charge in [0.1, 0.15) is 5.82 Å². The highest BCUT2D eigenvalue weighted by molar-refractivity contribution is 8.00. The molecule has 26 heavy (non-hydrogen) atoms. The van der Waals surface area contributed by atoms with Gasteiger partial charge in [0, 0.05) is 10.0 Å². The van der Waals surface area contributed by atoms with Crippen molar-refractivity contribution in [2.45, 2.75) is 43.4 Å². The second-order valence-corrected chi connectivity index (χ2v) is 8.71. The van der Waals surface area contributed by atoms with Gasteiger partial charge in [0.05, 0.1) is 22.6 Å². The summed E-state index contributed by atoms with van der Waals surface area (Å²) in [6, 6.07) is 5.48. The van der Waals surface area contributed by atoms with Crippen LogP contribution in [-0.4, -0.2) is 21.4 Å². The maximum absolute atomic E-state index is 12.8. The van der Waals surface area contributed by atoms with Gasteiger partial charge in [0.25, 0.3) is 5.56 Å². The number of H-pyrrole nitrogens is 1. The molecule has 1 aliphatic heterocycles. The van der Waals surface area contributed by atoms with Crippen molar-refractivity contribution in [3.63, 3.8) is 0 Å². The first-order valence-corrected chi connectivity index (χ1v) is 10.6. The number of anilines is 1. The summed E-state index contributed by atoms with van der Waals surface area (Å²) in [5, 5.41) is 6.64. The fraction of sp³-hybridized carbons (Fsp3) is 0.444. The van der Waals surface area contributed by atoms with Gasteiger partial charge in [-0.25, -0.2) is 0 Å². The summed E-state index contributed by atoms with van der Waals surface area (Å²) in [6.07, 6.45) is 5.50. The second kappa shape index (κ2) is 7.33. The molecule has 1 aromatic heterocycles. The van der Waals surface area contributed by atoms with Gasteiger partial charge in [-0.1, -0.05) is 48.5 Å². The maximum Gasteiger partial charge on any atom is 0.270 e. The molecule has 2 N–H and O–H groups in total. The smallest absolute Gasteiger partial charge is 0.270 e. The van der Waals surface area contributed by atoms with Crippen molar-refractivity contribution in [1.29, 1.82) is 0 Å². The Bertz CT molecular complexity index is 902. The monoisotopic (exact) mass is 411 g/mol. The number of aromatic amines is 1. The highest BCUT2D eigenvalue weighted by Gasteiger charge is 2.33. The lowest BCUT2D eigenvalue weighted by atomic mass is 9.95. The number of carbonyl (C=O) groups is 1. The van der Waals surface area contributed by atoms with Crippen LogP contribution in [0, 0.1) is 0 Å². The van der Waals surface area contributed by atoms with Crippen LogP contribution < -0.4 is 10.9 Å². The van der Waals surface area contributed by atoms with Gasteiger partial charge >= 0.3 is 0 Å². The summed E-state index contributed by atoms with van der Waals surface area (Å²) < 4.78 is 1.87. The van der Waals surface area contributed by atoms with Gasteiger partial charge in [-0.15, -0.1) is 11.8 Å². The number of benzene rings is 1. The molecule has 1 atom stereocenters. The normalized spacial score (nSPS) is 21.2. The zero-order valence-electron chi connectivity index (χ0n) is 14.1. The van der Waals surface area contributed by atoms with Crippen molar-refractivity contribution in [2.75, 3.05) is 11.1 Å². The third-order valence-corrected chi connectivity index (χ3v) is 6.86. The number of fused-ring (bicyclic) bond motifs is 1. The Kier molecular flexibility index (Phi) is 5.08. The first-order valence-electron chi connectivity index (χ1n) is 8.75. The van der Waals surface area contributed by atoms with Gasteiger partial charge in [-0.2, -0.15) is 0 Å². The van der Waals surface area contributed by atoms with Crippen LogP contribution in [0.4, 0.5) is 5.82 Å². The predicted molar refractivity (Wildman–Crippen MR) is 107 cm³/mol. The van der Waals surface area contributed by atoms with Crippen LogP contribution in [0.15, 0.2) is 23.0 Å². The molecule has 0 spiro atoms. The van der Waals surface area contributed by atoms with E-state index in [0.717, 1.165) is 31.2 Å². The molecule has 2 aromatic rings. The first-order chi connectivity index (χ1) is 12.5. The minimum atomic E-state index is -0.317. The van der Waals surface area contributed by atoms with Crippen LogP contribution in [0.2, 0.25) is 10.0 Å². The Morgan fingerprint density at radius 1 is 1.12 bits per heavy atom. The van der Waals surface area contributed by atoms with Gasteiger partial charge in [0.15, 0.2) is 0 Å². The standard InChI is InChI=1S/C18H19Cl2N3O2S/c19-10-6-7-12(13(20)8-10)16-15-17(21-14(24)9-26-16)23(22-18(15)25)11-4-2-1-3-5-11/h6-8,11,16H,1-5,9H2,(H,21,24)(H,22,25). The summed E-state index contributed by atoms with van der Waals surface area (Å²) in [6.45, 7) is 0. The highest BCUT2D eigenvalue weighted by atomic mass is 35.5. The minimum Gasteiger partial charge on any atom is -0.310 e. The van der Waals surface area contributed by atoms with E-state index in [2.05, 4.69) is 10.4 Å². The van der Waals surface area contributed by atoms with Crippen molar-refractivity contribution in [3.8, 4) is 0 Å². The maximum atomic E-state index is 12.8. The number of hydrogen-bond acceptors (Lipinski definition) is 3. The molecule has 8 heteroatoms. The van der Waals surface area contributed by atoms with E-state index in [1.807, 2.05) is 10.7 Å². The van der Waals surface area contributed by atoms with Gasteiger partial charge in [0.2, 0.25) is 5.91 Å². The average molecular weight is 412 g/mol. The fourth-order valence-corrected chi connectivity index (χ4v) is 5.56. The Hall–Kier alpha value is -1.37. The first kappa shape index (κ1) is 18.0. The van der Waals surface area contributed by atoms with Crippen molar-refractivity contribution >= 4 is 46.7 Å². The molecule has 1 amide bonds. The summed E-state index contributed by atoms with van der Waals surface area (Å²) in [7, 11) is 0. The van der Waals surface area contributed by atoms with Crippen LogP contribution in [0.3, 0.4) is 0 Å². The molecule has 0 saturated heterocycles. The van der Waals surface area contributed by atoms with Gasteiger partial charge in [-0.3, -0.25) is 19.4 Å². The molecule has 0 radical (unpaired) electrons. The van der Waals surface area contributed by atoms with Crippen molar-refractivity contribution < 1.29 is 4.79 Å². The molecule has 5 nitrogen and oxygen atoms in total. The molecule has 2 heterocycles. The van der Waals surface area contributed by atoms with E-state index in [1.54, 1.807) is 12.1 Å². The van der Waals surface area contributed by atoms with Crippen molar-refractivity contribution in [1.82, 2.24) is 9.78 Å². The number of carbonyl (C=O) groups excluding carboxylic acids is 1. The highest BCUT2D eigenvalue weighted by Crippen LogP contribution is 2.44. The summed E-state index contributed by atoms with van der Waals surface area (Å²) >= 11 is 13.8. The summed E-state index contributed by atoms with van der Waals surface area (Å²) in [5.74, 6) is 0.753. The zero-order chi connectivity index (χ0) is 18.3. The Morgan fingerprint density at radius 2 is 1.88 bits per heavy atom. The molecule has 1 unspecified atom stereocenters. The average Bonchev–Trinajstić information content (AvgIpc) is 2.83. The van der Waals surface area contributed by atoms with Crippen LogP contribution >= 0.6 is 35.0 Å². The molecule has 4 rings (SSSR count). The number of thioether (sulfide) groups is 1. The number of nitrogens with one attached hydrogen (secondary N) is 2. The molecule has 0 bridgehead atoms. The molecule has 1 fully saturated rings. The lowest BCUT2D eigenvalue weighted by molar-refractivity contribution is -0.113. The number of nitrogens with zero attached hydrogens (tertiary/aromatic N) is 1. The lowest BCUT2D eigenvalue weighted by Gasteiger charge is -2.24. The molecule has 2 aliphatic rings. The number of amides is 1. The summed E-state index contributed by atoms with van der Waals surface area (Å²) in [4.78, 5) is 25.1. The van der Waals surface area contributed by atoms with E-state index in [1.165, 1.54) is 18.2 Å². The molecular formula is C18H19Cl2N3O2S. The SMILES string of the molecule is O=C1CSC(c2ccc(Cl)cc2Cl)c2c(n(C3CCCCC3)[nH]c2=O)N1. The number of hydrogen-bond donors (Lipinski definition) is 2. The van der Waals surface area contributed by atoms with Crippen LogP contribution in [0.25, 0.3) is 0 Å². The topological polar surface area (TPSA) is 66.9 Å². The Balaban J connectivity index is 1.84. The van der Waals surface area contributed by atoms with E-state index in [4.69, 9.17) is 23.2 Å². The zero-order valence-corrected chi connectivity index (χ0v) is 16.4. The Morgan fingerprint density at radius 3 is 2.62 bits per heavy atom. The van der Waals surface area contributed by atoms with Crippen LogP contribution in [-0.2, 0) is 4.79 Å². The van der Waals surface area contributed by atoms with E-state index >= 15 is 0 Å². The molecule has 1 aliphatic carbocycles. The van der Waals surface area contributed by atoms with E-state index in [0.29, 0.717) is 21.4 Å². The minimum absolute atomic E-state index is 0.104. The molecule has 1 aromatic carbocycles. The third-order valence-electron chi connectivity index (χ3n) is 5.05. The number of halogens is 2. The van der Waals surface area contributed by atoms with Crippen molar-refractivity contribution in [3.05, 3.63) is 49.7 Å². The fourth-order valence-electron chi connectivity index (χ4n) is 3.82. The van der Waals surface area contributed by atoms with Crippen molar-refractivity contribution in [2.24, 2.45) is 0 Å². The second-order valence-electron chi connectivity index (χ2n) is 6.77. The predicted octanol–water partition coefficient (Wildman–Crippen LogP) is 4.76.